The van der Waals surface area contributed by atoms with Crippen LogP contribution in [0.5, 0.6) is 0 Å². The van der Waals surface area contributed by atoms with E-state index in [-0.39, 0.29) is 5.56 Å². The van der Waals surface area contributed by atoms with Crippen molar-refractivity contribution in [2.75, 3.05) is 0 Å². The Labute approximate surface area is 41.0 Å². The molecule has 0 aromatic heterocycles. The van der Waals surface area contributed by atoms with Gasteiger partial charge in [-0.05, 0) is 6.92 Å². The monoisotopic (exact) mass is 114 g/mol. The number of alkyl halides is 1. The van der Waals surface area contributed by atoms with Crippen LogP contribution < -0.4 is 0 Å². The molecule has 1 atom stereocenters. The smallest absolute Gasteiger partial charge is 0.149 e. The van der Waals surface area contributed by atoms with Crippen molar-refractivity contribution in [3.63, 3.8) is 0 Å². The SMILES string of the molecule is CC(Cl)OCl. The molecule has 32 valence electrons. The third kappa shape index (κ3) is 4.54. The van der Waals surface area contributed by atoms with Crippen LogP contribution in [0.3, 0.4) is 0 Å². The quantitative estimate of drug-likeness (QED) is 0.473. The van der Waals surface area contributed by atoms with Gasteiger partial charge < -0.3 is 0 Å². The number of halogens is 2. The topological polar surface area (TPSA) is 9.23 Å². The lowest BCUT2D eigenvalue weighted by Crippen LogP contribution is -1.83. The van der Waals surface area contributed by atoms with Gasteiger partial charge in [0.25, 0.3) is 0 Å². The van der Waals surface area contributed by atoms with Crippen molar-refractivity contribution in [1.82, 2.24) is 0 Å². The molecule has 0 saturated heterocycles. The standard InChI is InChI=1S/C2H4Cl2O/c1-2(3)5-4/h2H,1H3. The first-order valence-electron chi connectivity index (χ1n) is 1.19. The number of rotatable bonds is 1. The summed E-state index contributed by atoms with van der Waals surface area (Å²) in [6, 6.07) is 0. The van der Waals surface area contributed by atoms with E-state index in [1.54, 1.807) is 6.92 Å². The molecule has 0 aliphatic rings. The minimum absolute atomic E-state index is 0.378. The van der Waals surface area contributed by atoms with Crippen LogP contribution in [0.25, 0.3) is 0 Å². The molecule has 0 heterocycles. The Morgan fingerprint density at radius 3 is 2.00 bits per heavy atom. The van der Waals surface area contributed by atoms with Crippen molar-refractivity contribution in [2.24, 2.45) is 0 Å². The summed E-state index contributed by atoms with van der Waals surface area (Å²) in [5.41, 5.74) is -0.378. The molecular formula is C2H4Cl2O. The summed E-state index contributed by atoms with van der Waals surface area (Å²) in [6.07, 6.45) is 0. The minimum atomic E-state index is -0.378. The third-order valence-corrected chi connectivity index (χ3v) is 0.570. The molecule has 3 heteroatoms. The van der Waals surface area contributed by atoms with Gasteiger partial charge in [0.15, 0.2) is 0 Å². The lowest BCUT2D eigenvalue weighted by atomic mass is 10.9. The van der Waals surface area contributed by atoms with Gasteiger partial charge in [-0.15, -0.1) is 0 Å². The van der Waals surface area contributed by atoms with E-state index in [0.29, 0.717) is 0 Å². The second-order valence-corrected chi connectivity index (χ2v) is 1.42. The summed E-state index contributed by atoms with van der Waals surface area (Å²) >= 11 is 9.81. The molecule has 0 rings (SSSR count). The Kier molecular flexibility index (Phi) is 3.06. The summed E-state index contributed by atoms with van der Waals surface area (Å²) in [5.74, 6) is 0. The van der Waals surface area contributed by atoms with Crippen LogP contribution in [-0.2, 0) is 4.29 Å². The van der Waals surface area contributed by atoms with Gasteiger partial charge in [0.2, 0.25) is 0 Å². The van der Waals surface area contributed by atoms with E-state index < -0.39 is 0 Å². The molecule has 0 spiro atoms. The number of hydrogen-bond donors (Lipinski definition) is 0. The zero-order valence-electron chi connectivity index (χ0n) is 2.74. The Morgan fingerprint density at radius 2 is 2.00 bits per heavy atom. The van der Waals surface area contributed by atoms with Gasteiger partial charge in [0, 0.05) is 0 Å². The first-order chi connectivity index (χ1) is 2.27. The lowest BCUT2D eigenvalue weighted by molar-refractivity contribution is 0.335. The van der Waals surface area contributed by atoms with Crippen molar-refractivity contribution >= 4 is 23.5 Å². The van der Waals surface area contributed by atoms with Crippen molar-refractivity contribution in [2.45, 2.75) is 12.5 Å². The summed E-state index contributed by atoms with van der Waals surface area (Å²) in [5, 5.41) is 0. The van der Waals surface area contributed by atoms with Crippen LogP contribution in [-0.4, -0.2) is 5.56 Å². The fraction of sp³-hybridized carbons (Fsp3) is 1.00. The summed E-state index contributed by atoms with van der Waals surface area (Å²) in [7, 11) is 0. The summed E-state index contributed by atoms with van der Waals surface area (Å²) < 4.78 is 3.99. The van der Waals surface area contributed by atoms with Crippen LogP contribution in [0.4, 0.5) is 0 Å². The van der Waals surface area contributed by atoms with E-state index in [0.717, 1.165) is 0 Å². The highest BCUT2D eigenvalue weighted by Crippen LogP contribution is 1.95. The van der Waals surface area contributed by atoms with E-state index in [1.807, 2.05) is 0 Å². The largest absolute Gasteiger partial charge is 0.260 e. The summed E-state index contributed by atoms with van der Waals surface area (Å²) in [4.78, 5) is 0. The van der Waals surface area contributed by atoms with Gasteiger partial charge in [-0.3, -0.25) is 4.29 Å². The predicted octanol–water partition coefficient (Wildman–Crippen LogP) is 1.74. The molecule has 0 aliphatic heterocycles. The van der Waals surface area contributed by atoms with Gasteiger partial charge in [-0.2, -0.15) is 0 Å². The maximum Gasteiger partial charge on any atom is 0.149 e. The van der Waals surface area contributed by atoms with Gasteiger partial charge in [-0.1, -0.05) is 11.6 Å². The minimum Gasteiger partial charge on any atom is -0.260 e. The molecule has 0 aromatic carbocycles. The molecule has 0 fully saturated rings. The lowest BCUT2D eigenvalue weighted by Gasteiger charge is -1.87. The van der Waals surface area contributed by atoms with E-state index in [1.165, 1.54) is 0 Å². The fourth-order valence-corrected chi connectivity index (χ4v) is 0. The van der Waals surface area contributed by atoms with Crippen molar-refractivity contribution in [3.05, 3.63) is 0 Å². The van der Waals surface area contributed by atoms with Crippen molar-refractivity contribution in [1.29, 1.82) is 0 Å². The molecule has 0 amide bonds. The van der Waals surface area contributed by atoms with Crippen LogP contribution in [0, 0.1) is 0 Å². The molecule has 0 saturated carbocycles. The summed E-state index contributed by atoms with van der Waals surface area (Å²) in [6.45, 7) is 1.63. The van der Waals surface area contributed by atoms with E-state index >= 15 is 0 Å². The van der Waals surface area contributed by atoms with Gasteiger partial charge in [-0.25, -0.2) is 0 Å². The first kappa shape index (κ1) is 5.54. The highest BCUT2D eigenvalue weighted by atomic mass is 35.5. The molecule has 1 unspecified atom stereocenters. The average molecular weight is 115 g/mol. The normalized spacial score (nSPS) is 15.0. The van der Waals surface area contributed by atoms with Crippen LogP contribution >= 0.6 is 23.5 Å². The maximum atomic E-state index is 5.11. The molecule has 1 nitrogen and oxygen atoms in total. The van der Waals surface area contributed by atoms with E-state index in [2.05, 4.69) is 4.29 Å². The second-order valence-electron chi connectivity index (χ2n) is 0.632. The van der Waals surface area contributed by atoms with Crippen LogP contribution in [0.15, 0.2) is 0 Å². The van der Waals surface area contributed by atoms with E-state index in [4.69, 9.17) is 23.5 Å². The van der Waals surface area contributed by atoms with Gasteiger partial charge >= 0.3 is 0 Å². The molecule has 0 bridgehead atoms. The van der Waals surface area contributed by atoms with Crippen LogP contribution in [0.2, 0.25) is 0 Å². The Balaban J connectivity index is 2.54. The maximum absolute atomic E-state index is 5.11. The van der Waals surface area contributed by atoms with E-state index in [9.17, 15) is 0 Å². The van der Waals surface area contributed by atoms with Gasteiger partial charge in [0.05, 0.1) is 11.9 Å². The molecule has 5 heavy (non-hydrogen) atoms. The molecular weight excluding hydrogens is 111 g/mol. The highest BCUT2D eigenvalue weighted by molar-refractivity contribution is 6.21. The fourth-order valence-electron chi connectivity index (χ4n) is 0. The van der Waals surface area contributed by atoms with Crippen LogP contribution in [0.1, 0.15) is 6.92 Å². The third-order valence-electron chi connectivity index (χ3n) is 0.123. The Bertz CT molecular complexity index is 21.6. The average Bonchev–Trinajstić information content (AvgIpc) is 1.38. The molecule has 0 aliphatic carbocycles. The molecule has 0 radical (unpaired) electrons. The molecule has 0 N–H and O–H groups in total. The Hall–Kier alpha value is 0.540. The Morgan fingerprint density at radius 1 is 1.80 bits per heavy atom. The zero-order valence-corrected chi connectivity index (χ0v) is 4.25. The zero-order chi connectivity index (χ0) is 4.28. The van der Waals surface area contributed by atoms with Gasteiger partial charge in [0.1, 0.15) is 5.56 Å². The second kappa shape index (κ2) is 2.76. The first-order valence-corrected chi connectivity index (χ1v) is 1.93. The predicted molar refractivity (Wildman–Crippen MR) is 22.3 cm³/mol. The highest BCUT2D eigenvalue weighted by Gasteiger charge is 1.85. The van der Waals surface area contributed by atoms with Crippen molar-refractivity contribution < 1.29 is 4.29 Å². The molecule has 0 aromatic rings. The van der Waals surface area contributed by atoms with Crippen molar-refractivity contribution in [3.8, 4) is 0 Å². The number of hydrogen-bond acceptors (Lipinski definition) is 1.